The van der Waals surface area contributed by atoms with Crippen LogP contribution in [0, 0.1) is 6.92 Å². The molecule has 1 aliphatic rings. The maximum absolute atomic E-state index is 12.1. The van der Waals surface area contributed by atoms with Crippen LogP contribution in [0.2, 0.25) is 0 Å². The van der Waals surface area contributed by atoms with E-state index in [0.29, 0.717) is 17.8 Å². The number of hydrogen-bond acceptors (Lipinski definition) is 2. The highest BCUT2D eigenvalue weighted by Gasteiger charge is 2.23. The van der Waals surface area contributed by atoms with Crippen molar-refractivity contribution in [2.45, 2.75) is 19.8 Å². The van der Waals surface area contributed by atoms with Crippen molar-refractivity contribution in [2.24, 2.45) is 0 Å². The number of halogens is 1. The first kappa shape index (κ1) is 14.8. The third kappa shape index (κ3) is 2.92. The molecule has 114 valence electrons. The Kier molecular flexibility index (Phi) is 4.02. The molecule has 22 heavy (non-hydrogen) atoms. The summed E-state index contributed by atoms with van der Waals surface area (Å²) in [7, 11) is 0. The Morgan fingerprint density at radius 1 is 1.36 bits per heavy atom. The molecular weight excluding hydrogens is 346 g/mol. The number of H-pyrrole nitrogens is 1. The Labute approximate surface area is 136 Å². The Morgan fingerprint density at radius 3 is 2.77 bits per heavy atom. The number of benzene rings is 1. The summed E-state index contributed by atoms with van der Waals surface area (Å²) >= 11 is 3.30. The lowest BCUT2D eigenvalue weighted by Gasteiger charge is -2.19. The Morgan fingerprint density at radius 2 is 2.18 bits per heavy atom. The van der Waals surface area contributed by atoms with Crippen molar-refractivity contribution in [2.75, 3.05) is 16.8 Å². The zero-order valence-corrected chi connectivity index (χ0v) is 13.7. The van der Waals surface area contributed by atoms with Gasteiger partial charge in [-0.1, -0.05) is 0 Å². The molecule has 5 nitrogen and oxygen atoms in total. The van der Waals surface area contributed by atoms with E-state index in [4.69, 9.17) is 0 Å². The first-order valence-electron chi connectivity index (χ1n) is 7.11. The number of carbonyl (C=O) groups is 2. The first-order valence-corrected chi connectivity index (χ1v) is 7.90. The highest BCUT2D eigenvalue weighted by Crippen LogP contribution is 2.27. The van der Waals surface area contributed by atoms with Crippen molar-refractivity contribution in [3.63, 3.8) is 0 Å². The van der Waals surface area contributed by atoms with Gasteiger partial charge >= 0.3 is 0 Å². The van der Waals surface area contributed by atoms with Crippen LogP contribution in [0.5, 0.6) is 0 Å². The van der Waals surface area contributed by atoms with Gasteiger partial charge in [0.25, 0.3) is 5.91 Å². The largest absolute Gasteiger partial charge is 0.356 e. The van der Waals surface area contributed by atoms with Gasteiger partial charge in [0.15, 0.2) is 0 Å². The highest BCUT2D eigenvalue weighted by atomic mass is 79.9. The summed E-state index contributed by atoms with van der Waals surface area (Å²) in [6.07, 6.45) is 3.22. The van der Waals surface area contributed by atoms with Crippen LogP contribution >= 0.6 is 15.9 Å². The average molecular weight is 362 g/mol. The van der Waals surface area contributed by atoms with Crippen LogP contribution in [0.15, 0.2) is 34.9 Å². The van der Waals surface area contributed by atoms with Gasteiger partial charge in [0.2, 0.25) is 5.91 Å². The zero-order valence-electron chi connectivity index (χ0n) is 12.1. The van der Waals surface area contributed by atoms with E-state index in [1.54, 1.807) is 12.3 Å². The zero-order chi connectivity index (χ0) is 15.7. The molecule has 1 saturated heterocycles. The lowest BCUT2D eigenvalue weighted by molar-refractivity contribution is -0.117. The topological polar surface area (TPSA) is 65.2 Å². The minimum absolute atomic E-state index is 0.163. The summed E-state index contributed by atoms with van der Waals surface area (Å²) < 4.78 is 0.830. The van der Waals surface area contributed by atoms with E-state index in [2.05, 4.69) is 26.2 Å². The van der Waals surface area contributed by atoms with Gasteiger partial charge in [-0.25, -0.2) is 0 Å². The molecule has 2 amide bonds. The van der Waals surface area contributed by atoms with E-state index < -0.39 is 0 Å². The Balaban J connectivity index is 1.77. The quantitative estimate of drug-likeness (QED) is 0.878. The number of rotatable bonds is 3. The molecule has 0 atom stereocenters. The van der Waals surface area contributed by atoms with Crippen molar-refractivity contribution in [1.82, 2.24) is 4.98 Å². The van der Waals surface area contributed by atoms with E-state index in [1.807, 2.05) is 30.0 Å². The van der Waals surface area contributed by atoms with E-state index in [9.17, 15) is 9.59 Å². The van der Waals surface area contributed by atoms with Gasteiger partial charge in [-0.3, -0.25) is 9.59 Å². The molecule has 1 aromatic carbocycles. The Hall–Kier alpha value is -2.08. The summed E-state index contributed by atoms with van der Waals surface area (Å²) in [6, 6.07) is 7.32. The maximum atomic E-state index is 12.1. The van der Waals surface area contributed by atoms with Crippen molar-refractivity contribution >= 4 is 39.1 Å². The van der Waals surface area contributed by atoms with Crippen LogP contribution in [0.3, 0.4) is 0 Å². The smallest absolute Gasteiger partial charge is 0.272 e. The monoisotopic (exact) mass is 361 g/mol. The molecule has 0 spiro atoms. The van der Waals surface area contributed by atoms with Crippen molar-refractivity contribution < 1.29 is 9.59 Å². The predicted octanol–water partition coefficient (Wildman–Crippen LogP) is 3.46. The van der Waals surface area contributed by atoms with E-state index in [-0.39, 0.29) is 11.8 Å². The third-order valence-electron chi connectivity index (χ3n) is 3.71. The van der Waals surface area contributed by atoms with Gasteiger partial charge in [-0.05, 0) is 59.1 Å². The maximum Gasteiger partial charge on any atom is 0.272 e. The second kappa shape index (κ2) is 5.96. The molecule has 3 rings (SSSR count). The van der Waals surface area contributed by atoms with E-state index >= 15 is 0 Å². The number of aromatic amines is 1. The highest BCUT2D eigenvalue weighted by molar-refractivity contribution is 9.10. The molecule has 1 fully saturated rings. The molecule has 0 unspecified atom stereocenters. The SMILES string of the molecule is Cc1cc(NC(=O)c2cc(Br)c[nH]2)ccc1N1CCCC1=O. The predicted molar refractivity (Wildman–Crippen MR) is 89.2 cm³/mol. The third-order valence-corrected chi connectivity index (χ3v) is 4.17. The fourth-order valence-corrected chi connectivity index (χ4v) is 2.98. The molecule has 2 aromatic rings. The van der Waals surface area contributed by atoms with Crippen LogP contribution in [0.4, 0.5) is 11.4 Å². The van der Waals surface area contributed by atoms with E-state index in [1.165, 1.54) is 0 Å². The standard InChI is InChI=1S/C16H16BrN3O2/c1-10-7-12(19-16(22)13-8-11(17)9-18-13)4-5-14(10)20-6-2-3-15(20)21/h4-5,7-9,18H,2-3,6H2,1H3,(H,19,22). The summed E-state index contributed by atoms with van der Waals surface area (Å²) in [6.45, 7) is 2.71. The number of anilines is 2. The summed E-state index contributed by atoms with van der Waals surface area (Å²) in [5.41, 5.74) is 3.09. The van der Waals surface area contributed by atoms with Gasteiger partial charge < -0.3 is 15.2 Å². The van der Waals surface area contributed by atoms with Crippen molar-refractivity contribution in [3.05, 3.63) is 46.2 Å². The van der Waals surface area contributed by atoms with Crippen LogP contribution in [-0.2, 0) is 4.79 Å². The van der Waals surface area contributed by atoms with Gasteiger partial charge in [-0.15, -0.1) is 0 Å². The van der Waals surface area contributed by atoms with Crippen LogP contribution in [-0.4, -0.2) is 23.3 Å². The molecule has 0 bridgehead atoms. The van der Waals surface area contributed by atoms with Crippen molar-refractivity contribution in [1.29, 1.82) is 0 Å². The number of hydrogen-bond donors (Lipinski definition) is 2. The molecule has 1 aromatic heterocycles. The molecule has 0 radical (unpaired) electrons. The Bertz CT molecular complexity index is 739. The molecule has 2 N–H and O–H groups in total. The molecule has 0 aliphatic carbocycles. The van der Waals surface area contributed by atoms with Crippen molar-refractivity contribution in [3.8, 4) is 0 Å². The molecule has 2 heterocycles. The number of amides is 2. The number of carbonyl (C=O) groups excluding carboxylic acids is 2. The second-order valence-electron chi connectivity index (χ2n) is 5.34. The normalized spacial score (nSPS) is 14.5. The van der Waals surface area contributed by atoms with Gasteiger partial charge in [-0.2, -0.15) is 0 Å². The summed E-state index contributed by atoms with van der Waals surface area (Å²) in [4.78, 5) is 28.6. The average Bonchev–Trinajstić information content (AvgIpc) is 3.08. The number of aromatic nitrogens is 1. The summed E-state index contributed by atoms with van der Waals surface area (Å²) in [5, 5.41) is 2.85. The van der Waals surface area contributed by atoms with Gasteiger partial charge in [0.1, 0.15) is 5.69 Å². The number of nitrogens with one attached hydrogen (secondary N) is 2. The van der Waals surface area contributed by atoms with Gasteiger partial charge in [0, 0.05) is 35.0 Å². The lowest BCUT2D eigenvalue weighted by atomic mass is 10.1. The lowest BCUT2D eigenvalue weighted by Crippen LogP contribution is -2.24. The van der Waals surface area contributed by atoms with Crippen LogP contribution in [0.1, 0.15) is 28.9 Å². The van der Waals surface area contributed by atoms with E-state index in [0.717, 1.165) is 28.7 Å². The van der Waals surface area contributed by atoms with Crippen LogP contribution < -0.4 is 10.2 Å². The molecular formula is C16H16BrN3O2. The minimum atomic E-state index is -0.199. The molecule has 1 aliphatic heterocycles. The second-order valence-corrected chi connectivity index (χ2v) is 6.25. The van der Waals surface area contributed by atoms with Crippen LogP contribution in [0.25, 0.3) is 0 Å². The fourth-order valence-electron chi connectivity index (χ4n) is 2.64. The van der Waals surface area contributed by atoms with Gasteiger partial charge in [0.05, 0.1) is 0 Å². The summed E-state index contributed by atoms with van der Waals surface area (Å²) in [5.74, 6) is -0.0359. The number of nitrogens with zero attached hydrogens (tertiary/aromatic N) is 1. The minimum Gasteiger partial charge on any atom is -0.356 e. The molecule has 0 saturated carbocycles. The fraction of sp³-hybridized carbons (Fsp3) is 0.250. The first-order chi connectivity index (χ1) is 10.5. The molecule has 6 heteroatoms. The number of aryl methyl sites for hydroxylation is 1.